The first kappa shape index (κ1) is 12.4. The van der Waals surface area contributed by atoms with E-state index in [-0.39, 0.29) is 0 Å². The van der Waals surface area contributed by atoms with Gasteiger partial charge < -0.3 is 5.73 Å². The van der Waals surface area contributed by atoms with Crippen LogP contribution in [0.2, 0.25) is 5.02 Å². The van der Waals surface area contributed by atoms with E-state index in [1.165, 1.54) is 5.56 Å². The van der Waals surface area contributed by atoms with Gasteiger partial charge in [0.05, 0.1) is 5.02 Å². The summed E-state index contributed by atoms with van der Waals surface area (Å²) in [6.45, 7) is 3.16. The molecule has 2 N–H and O–H groups in total. The Kier molecular flexibility index (Phi) is 4.25. The van der Waals surface area contributed by atoms with E-state index >= 15 is 0 Å². The van der Waals surface area contributed by atoms with Crippen LogP contribution >= 0.6 is 27.5 Å². The smallest absolute Gasteiger partial charge is 0.0551 e. The van der Waals surface area contributed by atoms with Crippen LogP contribution in [0.1, 0.15) is 18.4 Å². The van der Waals surface area contributed by atoms with Gasteiger partial charge in [-0.05, 0) is 59.6 Å². The van der Waals surface area contributed by atoms with Crippen molar-refractivity contribution in [2.24, 2.45) is 5.73 Å². The van der Waals surface area contributed by atoms with E-state index in [1.807, 2.05) is 12.1 Å². The maximum atomic E-state index is 6.07. The van der Waals surface area contributed by atoms with Gasteiger partial charge in [0.2, 0.25) is 0 Å². The molecule has 0 aliphatic carbocycles. The summed E-state index contributed by atoms with van der Waals surface area (Å²) in [7, 11) is 0. The lowest BCUT2D eigenvalue weighted by molar-refractivity contribution is 0.205. The van der Waals surface area contributed by atoms with Crippen LogP contribution in [0.25, 0.3) is 0 Å². The molecule has 0 radical (unpaired) electrons. The van der Waals surface area contributed by atoms with Gasteiger partial charge in [-0.3, -0.25) is 4.90 Å². The van der Waals surface area contributed by atoms with Gasteiger partial charge in [0.1, 0.15) is 0 Å². The summed E-state index contributed by atoms with van der Waals surface area (Å²) in [4.78, 5) is 2.43. The monoisotopic (exact) mass is 302 g/mol. The summed E-state index contributed by atoms with van der Waals surface area (Å²) in [5.41, 5.74) is 7.15. The van der Waals surface area contributed by atoms with Gasteiger partial charge in [0.15, 0.2) is 0 Å². The van der Waals surface area contributed by atoms with Crippen molar-refractivity contribution in [1.82, 2.24) is 4.90 Å². The predicted molar refractivity (Wildman–Crippen MR) is 71.6 cm³/mol. The first-order chi connectivity index (χ1) is 7.65. The fourth-order valence-electron chi connectivity index (χ4n) is 2.01. The van der Waals surface area contributed by atoms with E-state index in [0.29, 0.717) is 6.04 Å². The summed E-state index contributed by atoms with van der Waals surface area (Å²) >= 11 is 9.47. The Hall–Kier alpha value is -0.0900. The normalized spacial score (nSPS) is 18.9. The van der Waals surface area contributed by atoms with Gasteiger partial charge in [0.25, 0.3) is 0 Å². The zero-order chi connectivity index (χ0) is 11.5. The number of halogens is 2. The quantitative estimate of drug-likeness (QED) is 0.910. The molecule has 1 saturated heterocycles. The van der Waals surface area contributed by atoms with Crippen molar-refractivity contribution in [2.45, 2.75) is 25.4 Å². The van der Waals surface area contributed by atoms with Crippen molar-refractivity contribution < 1.29 is 0 Å². The zero-order valence-electron chi connectivity index (χ0n) is 9.13. The number of hydrogen-bond acceptors (Lipinski definition) is 2. The van der Waals surface area contributed by atoms with Crippen molar-refractivity contribution in [3.8, 4) is 0 Å². The Morgan fingerprint density at radius 1 is 1.38 bits per heavy atom. The van der Waals surface area contributed by atoms with Gasteiger partial charge in [-0.1, -0.05) is 17.7 Å². The molecule has 1 aromatic carbocycles. The van der Waals surface area contributed by atoms with Gasteiger partial charge >= 0.3 is 0 Å². The minimum Gasteiger partial charge on any atom is -0.328 e. The number of nitrogens with zero attached hydrogens (tertiary/aromatic N) is 1. The highest BCUT2D eigenvalue weighted by molar-refractivity contribution is 9.10. The molecule has 1 heterocycles. The van der Waals surface area contributed by atoms with Crippen LogP contribution in [-0.2, 0) is 6.54 Å². The van der Waals surface area contributed by atoms with Crippen molar-refractivity contribution in [1.29, 1.82) is 0 Å². The van der Waals surface area contributed by atoms with Gasteiger partial charge in [-0.25, -0.2) is 0 Å². The van der Waals surface area contributed by atoms with E-state index in [2.05, 4.69) is 26.9 Å². The molecule has 0 spiro atoms. The van der Waals surface area contributed by atoms with E-state index < -0.39 is 0 Å². The Balaban J connectivity index is 1.96. The van der Waals surface area contributed by atoms with Crippen molar-refractivity contribution >= 4 is 27.5 Å². The summed E-state index contributed by atoms with van der Waals surface area (Å²) < 4.78 is 0.957. The number of nitrogens with two attached hydrogens (primary N) is 1. The lowest BCUT2D eigenvalue weighted by Crippen LogP contribution is -2.39. The Morgan fingerprint density at radius 3 is 2.69 bits per heavy atom. The van der Waals surface area contributed by atoms with Crippen LogP contribution < -0.4 is 5.73 Å². The number of benzene rings is 1. The summed E-state index contributed by atoms with van der Waals surface area (Å²) in [6, 6.07) is 6.54. The molecule has 88 valence electrons. The first-order valence-corrected chi connectivity index (χ1v) is 6.74. The molecule has 4 heteroatoms. The molecule has 1 aliphatic rings. The third-order valence-electron chi connectivity index (χ3n) is 3.02. The Morgan fingerprint density at radius 2 is 2.06 bits per heavy atom. The molecule has 0 atom stereocenters. The standard InChI is InChI=1S/C12H16BrClN2/c13-11-2-1-9(7-12(11)14)8-16-5-3-10(15)4-6-16/h1-2,7,10H,3-6,8,15H2. The fraction of sp³-hybridized carbons (Fsp3) is 0.500. The molecule has 0 saturated carbocycles. The zero-order valence-corrected chi connectivity index (χ0v) is 11.5. The Labute approximate surface area is 110 Å². The minimum absolute atomic E-state index is 0.393. The molecule has 1 fully saturated rings. The minimum atomic E-state index is 0.393. The van der Waals surface area contributed by atoms with Gasteiger partial charge in [0, 0.05) is 17.1 Å². The largest absolute Gasteiger partial charge is 0.328 e. The SMILES string of the molecule is NC1CCN(Cc2ccc(Br)c(Cl)c2)CC1. The Bertz CT molecular complexity index is 362. The van der Waals surface area contributed by atoms with Crippen LogP contribution in [0.15, 0.2) is 22.7 Å². The number of rotatable bonds is 2. The van der Waals surface area contributed by atoms with Crippen LogP contribution in [0, 0.1) is 0 Å². The molecule has 16 heavy (non-hydrogen) atoms. The van der Waals surface area contributed by atoms with Crippen LogP contribution in [-0.4, -0.2) is 24.0 Å². The third-order valence-corrected chi connectivity index (χ3v) is 4.25. The van der Waals surface area contributed by atoms with Gasteiger partial charge in [-0.2, -0.15) is 0 Å². The molecule has 2 nitrogen and oxygen atoms in total. The van der Waals surface area contributed by atoms with E-state index in [4.69, 9.17) is 17.3 Å². The molecular formula is C12H16BrClN2. The topological polar surface area (TPSA) is 29.3 Å². The molecule has 2 rings (SSSR count). The van der Waals surface area contributed by atoms with Crippen LogP contribution in [0.5, 0.6) is 0 Å². The van der Waals surface area contributed by atoms with Crippen molar-refractivity contribution in [3.05, 3.63) is 33.3 Å². The maximum absolute atomic E-state index is 6.07. The van der Waals surface area contributed by atoms with Gasteiger partial charge in [-0.15, -0.1) is 0 Å². The average Bonchev–Trinajstić information content (AvgIpc) is 2.27. The highest BCUT2D eigenvalue weighted by Crippen LogP contribution is 2.24. The summed E-state index contributed by atoms with van der Waals surface area (Å²) in [6.07, 6.45) is 2.20. The highest BCUT2D eigenvalue weighted by Gasteiger charge is 2.16. The highest BCUT2D eigenvalue weighted by atomic mass is 79.9. The molecule has 1 aliphatic heterocycles. The first-order valence-electron chi connectivity index (χ1n) is 5.57. The molecule has 0 unspecified atom stereocenters. The average molecular weight is 304 g/mol. The summed E-state index contributed by atoms with van der Waals surface area (Å²) in [5, 5.41) is 0.784. The second kappa shape index (κ2) is 5.50. The molecule has 0 aromatic heterocycles. The second-order valence-electron chi connectivity index (χ2n) is 4.36. The fourth-order valence-corrected chi connectivity index (χ4v) is 2.46. The molecule has 0 amide bonds. The van der Waals surface area contributed by atoms with Crippen molar-refractivity contribution in [2.75, 3.05) is 13.1 Å². The lowest BCUT2D eigenvalue weighted by atomic mass is 10.1. The van der Waals surface area contributed by atoms with Crippen LogP contribution in [0.4, 0.5) is 0 Å². The van der Waals surface area contributed by atoms with Crippen molar-refractivity contribution in [3.63, 3.8) is 0 Å². The third kappa shape index (κ3) is 3.20. The molecule has 1 aromatic rings. The molecule has 0 bridgehead atoms. The second-order valence-corrected chi connectivity index (χ2v) is 5.62. The van der Waals surface area contributed by atoms with E-state index in [1.54, 1.807) is 0 Å². The summed E-state index contributed by atoms with van der Waals surface area (Å²) in [5.74, 6) is 0. The number of hydrogen-bond donors (Lipinski definition) is 1. The van der Waals surface area contributed by atoms with E-state index in [0.717, 1.165) is 42.0 Å². The lowest BCUT2D eigenvalue weighted by Gasteiger charge is -2.30. The van der Waals surface area contributed by atoms with Crippen LogP contribution in [0.3, 0.4) is 0 Å². The molecular weight excluding hydrogens is 288 g/mol. The van der Waals surface area contributed by atoms with E-state index in [9.17, 15) is 0 Å². The number of piperidine rings is 1. The number of likely N-dealkylation sites (tertiary alicyclic amines) is 1. The predicted octanol–water partition coefficient (Wildman–Crippen LogP) is 3.03. The maximum Gasteiger partial charge on any atom is 0.0551 e.